The zero-order valence-electron chi connectivity index (χ0n) is 7.53. The molecule has 0 aromatic carbocycles. The topological polar surface area (TPSA) is 24.1 Å². The normalized spacial score (nSPS) is 24.3. The Hall–Kier alpha value is -0.0800. The summed E-state index contributed by atoms with van der Waals surface area (Å²) in [5.74, 6) is 0.966. The molecule has 1 fully saturated rings. The first kappa shape index (κ1) is 9.01. The van der Waals surface area contributed by atoms with Crippen LogP contribution in [0, 0.1) is 5.92 Å². The van der Waals surface area contributed by atoms with Crippen molar-refractivity contribution in [3.63, 3.8) is 0 Å². The Balaban J connectivity index is 1.86. The number of nitrogens with one attached hydrogen (secondary N) is 2. The van der Waals surface area contributed by atoms with Crippen LogP contribution in [0.25, 0.3) is 0 Å². The van der Waals surface area contributed by atoms with E-state index in [1.165, 1.54) is 38.9 Å². The second-order valence-corrected chi connectivity index (χ2v) is 3.35. The predicted molar refractivity (Wildman–Crippen MR) is 48.8 cm³/mol. The Bertz CT molecular complexity index is 87.6. The van der Waals surface area contributed by atoms with Gasteiger partial charge in [0.1, 0.15) is 0 Å². The first-order valence-electron chi connectivity index (χ1n) is 4.85. The Morgan fingerprint density at radius 2 is 2.45 bits per heavy atom. The molecule has 1 heterocycles. The molecule has 0 saturated carbocycles. The van der Waals surface area contributed by atoms with Crippen LogP contribution in [0.2, 0.25) is 0 Å². The van der Waals surface area contributed by atoms with Gasteiger partial charge in [0.05, 0.1) is 0 Å². The minimum Gasteiger partial charge on any atom is -0.317 e. The lowest BCUT2D eigenvalue weighted by molar-refractivity contribution is 0.496. The maximum Gasteiger partial charge on any atom is -0.00200 e. The van der Waals surface area contributed by atoms with Crippen LogP contribution in [-0.2, 0) is 0 Å². The molecule has 0 aromatic rings. The Morgan fingerprint density at radius 3 is 3.09 bits per heavy atom. The van der Waals surface area contributed by atoms with Crippen LogP contribution < -0.4 is 10.6 Å². The summed E-state index contributed by atoms with van der Waals surface area (Å²) >= 11 is 0. The highest BCUT2D eigenvalue weighted by Gasteiger charge is 2.12. The van der Waals surface area contributed by atoms with Crippen molar-refractivity contribution >= 4 is 0 Å². The molecule has 66 valence electrons. The standard InChI is InChI=1S/C9H20N2/c1-2-10-6-3-4-9-5-7-11-8-9/h9-11H,2-8H2,1H3. The van der Waals surface area contributed by atoms with E-state index in [0.29, 0.717) is 0 Å². The van der Waals surface area contributed by atoms with Crippen molar-refractivity contribution in [2.45, 2.75) is 26.2 Å². The van der Waals surface area contributed by atoms with Gasteiger partial charge in [0.15, 0.2) is 0 Å². The largest absolute Gasteiger partial charge is 0.317 e. The van der Waals surface area contributed by atoms with Gasteiger partial charge in [-0.2, -0.15) is 0 Å². The molecule has 1 saturated heterocycles. The second kappa shape index (κ2) is 5.56. The van der Waals surface area contributed by atoms with Crippen LogP contribution in [0.5, 0.6) is 0 Å². The smallest absolute Gasteiger partial charge is 0.00200 e. The van der Waals surface area contributed by atoms with Gasteiger partial charge in [-0.15, -0.1) is 0 Å². The fraction of sp³-hybridized carbons (Fsp3) is 1.00. The monoisotopic (exact) mass is 156 g/mol. The highest BCUT2D eigenvalue weighted by Crippen LogP contribution is 2.13. The van der Waals surface area contributed by atoms with Crippen molar-refractivity contribution in [1.29, 1.82) is 0 Å². The third-order valence-electron chi connectivity index (χ3n) is 2.38. The summed E-state index contributed by atoms with van der Waals surface area (Å²) < 4.78 is 0. The maximum atomic E-state index is 3.39. The third kappa shape index (κ3) is 3.73. The zero-order chi connectivity index (χ0) is 7.94. The van der Waals surface area contributed by atoms with E-state index in [1.54, 1.807) is 0 Å². The van der Waals surface area contributed by atoms with E-state index in [-0.39, 0.29) is 0 Å². The quantitative estimate of drug-likeness (QED) is 0.580. The summed E-state index contributed by atoms with van der Waals surface area (Å²) in [6, 6.07) is 0. The minimum atomic E-state index is 0.966. The van der Waals surface area contributed by atoms with Crippen molar-refractivity contribution in [3.8, 4) is 0 Å². The van der Waals surface area contributed by atoms with Crippen molar-refractivity contribution in [2.24, 2.45) is 5.92 Å². The van der Waals surface area contributed by atoms with Gasteiger partial charge in [-0.25, -0.2) is 0 Å². The lowest BCUT2D eigenvalue weighted by Gasteiger charge is -2.07. The van der Waals surface area contributed by atoms with Gasteiger partial charge in [-0.3, -0.25) is 0 Å². The number of hydrogen-bond donors (Lipinski definition) is 2. The molecule has 0 amide bonds. The number of hydrogen-bond acceptors (Lipinski definition) is 2. The lowest BCUT2D eigenvalue weighted by atomic mass is 10.0. The molecular formula is C9H20N2. The molecule has 2 heteroatoms. The van der Waals surface area contributed by atoms with Crippen LogP contribution in [0.15, 0.2) is 0 Å². The van der Waals surface area contributed by atoms with E-state index in [1.807, 2.05) is 0 Å². The fourth-order valence-corrected chi connectivity index (χ4v) is 1.65. The molecule has 1 aliphatic rings. The Kier molecular flexibility index (Phi) is 4.55. The molecule has 0 aliphatic carbocycles. The van der Waals surface area contributed by atoms with Gasteiger partial charge in [-0.1, -0.05) is 6.92 Å². The van der Waals surface area contributed by atoms with Crippen LogP contribution in [0.1, 0.15) is 26.2 Å². The molecule has 1 rings (SSSR count). The molecule has 1 atom stereocenters. The molecule has 11 heavy (non-hydrogen) atoms. The minimum absolute atomic E-state index is 0.966. The summed E-state index contributed by atoms with van der Waals surface area (Å²) in [7, 11) is 0. The molecule has 0 radical (unpaired) electrons. The van der Waals surface area contributed by atoms with Crippen LogP contribution in [0.3, 0.4) is 0 Å². The van der Waals surface area contributed by atoms with Crippen LogP contribution in [0.4, 0.5) is 0 Å². The average Bonchev–Trinajstić information content (AvgIpc) is 2.50. The number of rotatable bonds is 5. The highest BCUT2D eigenvalue weighted by molar-refractivity contribution is 4.70. The zero-order valence-corrected chi connectivity index (χ0v) is 7.53. The molecule has 1 unspecified atom stereocenters. The van der Waals surface area contributed by atoms with Crippen molar-refractivity contribution in [1.82, 2.24) is 10.6 Å². The van der Waals surface area contributed by atoms with Crippen LogP contribution in [-0.4, -0.2) is 26.2 Å². The summed E-state index contributed by atoms with van der Waals surface area (Å²) in [5.41, 5.74) is 0. The first-order chi connectivity index (χ1) is 5.43. The maximum absolute atomic E-state index is 3.39. The second-order valence-electron chi connectivity index (χ2n) is 3.35. The Labute approximate surface area is 69.8 Å². The van der Waals surface area contributed by atoms with Gasteiger partial charge >= 0.3 is 0 Å². The summed E-state index contributed by atoms with van der Waals surface area (Å²) in [6.07, 6.45) is 4.15. The van der Waals surface area contributed by atoms with E-state index >= 15 is 0 Å². The van der Waals surface area contributed by atoms with Gasteiger partial charge in [0.2, 0.25) is 0 Å². The fourth-order valence-electron chi connectivity index (χ4n) is 1.65. The third-order valence-corrected chi connectivity index (χ3v) is 2.38. The van der Waals surface area contributed by atoms with Crippen molar-refractivity contribution in [3.05, 3.63) is 0 Å². The van der Waals surface area contributed by atoms with E-state index in [4.69, 9.17) is 0 Å². The summed E-state index contributed by atoms with van der Waals surface area (Å²) in [6.45, 7) is 6.98. The first-order valence-corrected chi connectivity index (χ1v) is 4.85. The van der Waals surface area contributed by atoms with Gasteiger partial charge in [-0.05, 0) is 51.4 Å². The predicted octanol–water partition coefficient (Wildman–Crippen LogP) is 0.986. The van der Waals surface area contributed by atoms with E-state index in [9.17, 15) is 0 Å². The van der Waals surface area contributed by atoms with Crippen molar-refractivity contribution in [2.75, 3.05) is 26.2 Å². The van der Waals surface area contributed by atoms with E-state index in [0.717, 1.165) is 12.5 Å². The van der Waals surface area contributed by atoms with Gasteiger partial charge < -0.3 is 10.6 Å². The molecule has 2 nitrogen and oxygen atoms in total. The van der Waals surface area contributed by atoms with E-state index < -0.39 is 0 Å². The average molecular weight is 156 g/mol. The molecular weight excluding hydrogens is 136 g/mol. The van der Waals surface area contributed by atoms with Crippen molar-refractivity contribution < 1.29 is 0 Å². The summed E-state index contributed by atoms with van der Waals surface area (Å²) in [5, 5.41) is 6.74. The molecule has 2 N–H and O–H groups in total. The molecule has 1 aliphatic heterocycles. The van der Waals surface area contributed by atoms with E-state index in [2.05, 4.69) is 17.6 Å². The lowest BCUT2D eigenvalue weighted by Crippen LogP contribution is -2.16. The van der Waals surface area contributed by atoms with Gasteiger partial charge in [0, 0.05) is 0 Å². The van der Waals surface area contributed by atoms with Crippen LogP contribution >= 0.6 is 0 Å². The highest BCUT2D eigenvalue weighted by atomic mass is 14.9. The molecule has 0 spiro atoms. The molecule has 0 aromatic heterocycles. The Morgan fingerprint density at radius 1 is 1.55 bits per heavy atom. The summed E-state index contributed by atoms with van der Waals surface area (Å²) in [4.78, 5) is 0. The SMILES string of the molecule is CCNCCCC1CCNC1. The molecule has 0 bridgehead atoms. The van der Waals surface area contributed by atoms with Gasteiger partial charge in [0.25, 0.3) is 0 Å².